The number of rotatable bonds is 0. The fourth-order valence-corrected chi connectivity index (χ4v) is 2.09. The Labute approximate surface area is 62.5 Å². The SMILES string of the molecule is C1=CCC2NCCCC2C1. The summed E-state index contributed by atoms with van der Waals surface area (Å²) in [6.45, 7) is 1.25. The molecule has 1 aliphatic heterocycles. The van der Waals surface area contributed by atoms with Gasteiger partial charge in [0.25, 0.3) is 0 Å². The summed E-state index contributed by atoms with van der Waals surface area (Å²) in [5, 5.41) is 3.57. The molecule has 1 fully saturated rings. The Kier molecular flexibility index (Phi) is 1.76. The Balaban J connectivity index is 2.01. The third-order valence-corrected chi connectivity index (χ3v) is 2.72. The Morgan fingerprint density at radius 2 is 2.10 bits per heavy atom. The highest BCUT2D eigenvalue weighted by Gasteiger charge is 2.24. The molecule has 1 aliphatic carbocycles. The first-order chi connectivity index (χ1) is 4.97. The van der Waals surface area contributed by atoms with Crippen LogP contribution in [0.5, 0.6) is 0 Å². The van der Waals surface area contributed by atoms with Crippen molar-refractivity contribution >= 4 is 0 Å². The first-order valence-corrected chi connectivity index (χ1v) is 4.35. The molecule has 0 aromatic rings. The van der Waals surface area contributed by atoms with Gasteiger partial charge in [0.05, 0.1) is 0 Å². The van der Waals surface area contributed by atoms with Crippen molar-refractivity contribution in [2.75, 3.05) is 6.54 Å². The van der Waals surface area contributed by atoms with E-state index in [-0.39, 0.29) is 0 Å². The topological polar surface area (TPSA) is 12.0 Å². The second kappa shape index (κ2) is 2.75. The van der Waals surface area contributed by atoms with Crippen LogP contribution in [-0.2, 0) is 0 Å². The molecule has 0 aromatic carbocycles. The maximum atomic E-state index is 3.57. The Morgan fingerprint density at radius 3 is 3.00 bits per heavy atom. The summed E-state index contributed by atoms with van der Waals surface area (Å²) < 4.78 is 0. The summed E-state index contributed by atoms with van der Waals surface area (Å²) in [6.07, 6.45) is 10.1. The molecule has 1 N–H and O–H groups in total. The molecule has 2 atom stereocenters. The highest BCUT2D eigenvalue weighted by atomic mass is 14.9. The van der Waals surface area contributed by atoms with Crippen molar-refractivity contribution in [2.45, 2.75) is 31.7 Å². The average molecular weight is 137 g/mol. The van der Waals surface area contributed by atoms with Crippen LogP contribution in [-0.4, -0.2) is 12.6 Å². The van der Waals surface area contributed by atoms with E-state index >= 15 is 0 Å². The lowest BCUT2D eigenvalue weighted by Gasteiger charge is -2.33. The smallest absolute Gasteiger partial charge is 0.0133 e. The maximum absolute atomic E-state index is 3.57. The molecule has 10 heavy (non-hydrogen) atoms. The van der Waals surface area contributed by atoms with E-state index in [0.717, 1.165) is 12.0 Å². The van der Waals surface area contributed by atoms with Gasteiger partial charge in [0.2, 0.25) is 0 Å². The molecule has 2 aliphatic rings. The van der Waals surface area contributed by atoms with Gasteiger partial charge in [-0.1, -0.05) is 12.2 Å². The molecular weight excluding hydrogens is 122 g/mol. The van der Waals surface area contributed by atoms with Crippen molar-refractivity contribution in [1.82, 2.24) is 5.32 Å². The third-order valence-electron chi connectivity index (χ3n) is 2.72. The van der Waals surface area contributed by atoms with Crippen LogP contribution in [0.2, 0.25) is 0 Å². The minimum atomic E-state index is 0.818. The van der Waals surface area contributed by atoms with E-state index in [4.69, 9.17) is 0 Å². The Morgan fingerprint density at radius 1 is 1.20 bits per heavy atom. The molecule has 0 saturated carbocycles. The zero-order valence-electron chi connectivity index (χ0n) is 6.34. The highest BCUT2D eigenvalue weighted by Crippen LogP contribution is 2.26. The van der Waals surface area contributed by atoms with E-state index in [1.807, 2.05) is 0 Å². The van der Waals surface area contributed by atoms with E-state index in [1.54, 1.807) is 0 Å². The van der Waals surface area contributed by atoms with E-state index < -0.39 is 0 Å². The Hall–Kier alpha value is -0.300. The van der Waals surface area contributed by atoms with Crippen LogP contribution in [0.1, 0.15) is 25.7 Å². The predicted molar refractivity (Wildman–Crippen MR) is 42.9 cm³/mol. The van der Waals surface area contributed by atoms with Crippen molar-refractivity contribution in [3.05, 3.63) is 12.2 Å². The van der Waals surface area contributed by atoms with Gasteiger partial charge in [-0.3, -0.25) is 0 Å². The van der Waals surface area contributed by atoms with Gasteiger partial charge in [-0.25, -0.2) is 0 Å². The quantitative estimate of drug-likeness (QED) is 0.501. The van der Waals surface area contributed by atoms with Crippen molar-refractivity contribution in [1.29, 1.82) is 0 Å². The number of nitrogens with one attached hydrogen (secondary N) is 1. The summed E-state index contributed by atoms with van der Waals surface area (Å²) in [7, 11) is 0. The number of fused-ring (bicyclic) bond motifs is 1. The van der Waals surface area contributed by atoms with Gasteiger partial charge in [-0.05, 0) is 38.1 Å². The average Bonchev–Trinajstić information content (AvgIpc) is 2.05. The van der Waals surface area contributed by atoms with E-state index in [2.05, 4.69) is 17.5 Å². The zero-order chi connectivity index (χ0) is 6.81. The number of hydrogen-bond donors (Lipinski definition) is 1. The van der Waals surface area contributed by atoms with Gasteiger partial charge >= 0.3 is 0 Å². The fourth-order valence-electron chi connectivity index (χ4n) is 2.09. The van der Waals surface area contributed by atoms with Crippen LogP contribution in [0.4, 0.5) is 0 Å². The lowest BCUT2D eigenvalue weighted by atomic mass is 9.83. The zero-order valence-corrected chi connectivity index (χ0v) is 6.34. The second-order valence-electron chi connectivity index (χ2n) is 3.41. The molecule has 0 bridgehead atoms. The molecule has 1 heterocycles. The molecule has 0 aromatic heterocycles. The lowest BCUT2D eigenvalue weighted by molar-refractivity contribution is 0.274. The monoisotopic (exact) mass is 137 g/mol. The van der Waals surface area contributed by atoms with Gasteiger partial charge in [0, 0.05) is 6.04 Å². The molecule has 1 heteroatoms. The first-order valence-electron chi connectivity index (χ1n) is 4.35. The molecule has 0 radical (unpaired) electrons. The summed E-state index contributed by atoms with van der Waals surface area (Å²) in [5.41, 5.74) is 0. The second-order valence-corrected chi connectivity index (χ2v) is 3.41. The van der Waals surface area contributed by atoms with Crippen molar-refractivity contribution < 1.29 is 0 Å². The predicted octanol–water partition coefficient (Wildman–Crippen LogP) is 1.70. The molecule has 0 amide bonds. The third kappa shape index (κ3) is 1.10. The van der Waals surface area contributed by atoms with Crippen LogP contribution in [0.3, 0.4) is 0 Å². The van der Waals surface area contributed by atoms with Crippen LogP contribution in [0, 0.1) is 5.92 Å². The van der Waals surface area contributed by atoms with Crippen LogP contribution in [0.25, 0.3) is 0 Å². The number of allylic oxidation sites excluding steroid dienone is 1. The highest BCUT2D eigenvalue weighted by molar-refractivity contribution is 4.98. The fraction of sp³-hybridized carbons (Fsp3) is 0.778. The standard InChI is InChI=1S/C9H15N/c1-2-6-9-8(4-1)5-3-7-10-9/h1-2,8-10H,3-7H2. The molecule has 2 unspecified atom stereocenters. The molecule has 2 rings (SSSR count). The minimum absolute atomic E-state index is 0.818. The van der Waals surface area contributed by atoms with Gasteiger partial charge in [0.1, 0.15) is 0 Å². The number of piperidine rings is 1. The molecule has 1 nitrogen and oxygen atoms in total. The van der Waals surface area contributed by atoms with Crippen molar-refractivity contribution in [2.24, 2.45) is 5.92 Å². The normalized spacial score (nSPS) is 39.2. The minimum Gasteiger partial charge on any atom is -0.313 e. The van der Waals surface area contributed by atoms with Gasteiger partial charge in [-0.15, -0.1) is 0 Å². The molecular formula is C9H15N. The van der Waals surface area contributed by atoms with E-state index in [9.17, 15) is 0 Å². The summed E-state index contributed by atoms with van der Waals surface area (Å²) in [4.78, 5) is 0. The summed E-state index contributed by atoms with van der Waals surface area (Å²) in [5.74, 6) is 0.957. The Bertz CT molecular complexity index is 124. The first kappa shape index (κ1) is 6.41. The maximum Gasteiger partial charge on any atom is 0.0133 e. The molecule has 1 saturated heterocycles. The van der Waals surface area contributed by atoms with Crippen molar-refractivity contribution in [3.63, 3.8) is 0 Å². The molecule has 0 spiro atoms. The van der Waals surface area contributed by atoms with Gasteiger partial charge in [0.15, 0.2) is 0 Å². The van der Waals surface area contributed by atoms with E-state index in [1.165, 1.54) is 32.2 Å². The van der Waals surface area contributed by atoms with Gasteiger partial charge < -0.3 is 5.32 Å². The van der Waals surface area contributed by atoms with Crippen LogP contribution in [0.15, 0.2) is 12.2 Å². The lowest BCUT2D eigenvalue weighted by Crippen LogP contribution is -2.41. The van der Waals surface area contributed by atoms with Gasteiger partial charge in [-0.2, -0.15) is 0 Å². The number of hydrogen-bond acceptors (Lipinski definition) is 1. The van der Waals surface area contributed by atoms with Crippen molar-refractivity contribution in [3.8, 4) is 0 Å². The summed E-state index contributed by atoms with van der Waals surface area (Å²) in [6, 6.07) is 0.818. The largest absolute Gasteiger partial charge is 0.313 e. The van der Waals surface area contributed by atoms with E-state index in [0.29, 0.717) is 0 Å². The molecule has 56 valence electrons. The van der Waals surface area contributed by atoms with Crippen LogP contribution < -0.4 is 5.32 Å². The van der Waals surface area contributed by atoms with Crippen LogP contribution >= 0.6 is 0 Å². The summed E-state index contributed by atoms with van der Waals surface area (Å²) >= 11 is 0.